The molecule has 2 N–H and O–H groups in total. The van der Waals surface area contributed by atoms with Gasteiger partial charge in [0.2, 0.25) is 0 Å². The molecule has 4 nitrogen and oxygen atoms in total. The zero-order valence-corrected chi connectivity index (χ0v) is 11.3. The molecule has 0 aliphatic rings. The van der Waals surface area contributed by atoms with Gasteiger partial charge in [0.15, 0.2) is 0 Å². The van der Waals surface area contributed by atoms with Crippen LogP contribution in [0.15, 0.2) is 24.3 Å². The number of rotatable bonds is 6. The van der Waals surface area contributed by atoms with Gasteiger partial charge in [0, 0.05) is 26.7 Å². The summed E-state index contributed by atoms with van der Waals surface area (Å²) in [5, 5.41) is 0. The molecule has 1 rings (SSSR count). The molecule has 4 heteroatoms. The Morgan fingerprint density at radius 2 is 2.11 bits per heavy atom. The summed E-state index contributed by atoms with van der Waals surface area (Å²) in [6.45, 7) is 5.46. The molecule has 1 amide bonds. The van der Waals surface area contributed by atoms with Crippen molar-refractivity contribution < 1.29 is 9.53 Å². The van der Waals surface area contributed by atoms with Gasteiger partial charge >= 0.3 is 0 Å². The van der Waals surface area contributed by atoms with Crippen LogP contribution in [-0.2, 0) is 16.1 Å². The lowest BCUT2D eigenvalue weighted by molar-refractivity contribution is -0.141. The van der Waals surface area contributed by atoms with E-state index in [2.05, 4.69) is 0 Å². The maximum atomic E-state index is 12.2. The topological polar surface area (TPSA) is 55.6 Å². The van der Waals surface area contributed by atoms with Gasteiger partial charge in [-0.1, -0.05) is 24.3 Å². The van der Waals surface area contributed by atoms with Gasteiger partial charge in [-0.15, -0.1) is 0 Å². The molecule has 1 aromatic carbocycles. The van der Waals surface area contributed by atoms with Crippen LogP contribution in [0.4, 0.5) is 0 Å². The number of methoxy groups -OCH3 is 1. The Balaban J connectivity index is 2.79. The van der Waals surface area contributed by atoms with Gasteiger partial charge in [-0.3, -0.25) is 4.79 Å². The lowest BCUT2D eigenvalue weighted by atomic mass is 10.1. The molecular weight excluding hydrogens is 228 g/mol. The van der Waals surface area contributed by atoms with Crippen molar-refractivity contribution in [1.82, 2.24) is 4.90 Å². The molecule has 0 fully saturated rings. The van der Waals surface area contributed by atoms with Crippen LogP contribution >= 0.6 is 0 Å². The Morgan fingerprint density at radius 1 is 1.44 bits per heavy atom. The summed E-state index contributed by atoms with van der Waals surface area (Å²) in [5.74, 6) is -0.0502. The summed E-state index contributed by atoms with van der Waals surface area (Å²) in [7, 11) is 1.51. The molecule has 18 heavy (non-hydrogen) atoms. The summed E-state index contributed by atoms with van der Waals surface area (Å²) in [4.78, 5) is 13.9. The Labute approximate surface area is 109 Å². The number of amides is 1. The van der Waals surface area contributed by atoms with E-state index in [4.69, 9.17) is 10.5 Å². The van der Waals surface area contributed by atoms with E-state index in [-0.39, 0.29) is 12.5 Å². The zero-order chi connectivity index (χ0) is 13.5. The number of hydrogen-bond donors (Lipinski definition) is 1. The standard InChI is InChI=1S/C14H22N2O2/c1-4-16(14(17)13(9-15)18-3)10-12-8-6-5-7-11(12)2/h5-8,13H,4,9-10,15H2,1-3H3. The van der Waals surface area contributed by atoms with Crippen LogP contribution in [0.25, 0.3) is 0 Å². The van der Waals surface area contributed by atoms with Crippen molar-refractivity contribution in [3.63, 3.8) is 0 Å². The molecule has 0 radical (unpaired) electrons. The SMILES string of the molecule is CCN(Cc1ccccc1C)C(=O)C(CN)OC. The fourth-order valence-corrected chi connectivity index (χ4v) is 1.84. The normalized spacial score (nSPS) is 12.2. The van der Waals surface area contributed by atoms with Crippen molar-refractivity contribution in [2.45, 2.75) is 26.5 Å². The summed E-state index contributed by atoms with van der Waals surface area (Å²) in [6, 6.07) is 8.06. The number of nitrogens with zero attached hydrogens (tertiary/aromatic N) is 1. The average Bonchev–Trinajstić information content (AvgIpc) is 2.39. The highest BCUT2D eigenvalue weighted by Crippen LogP contribution is 2.11. The van der Waals surface area contributed by atoms with E-state index in [1.807, 2.05) is 38.1 Å². The number of carbonyl (C=O) groups excluding carboxylic acids is 1. The van der Waals surface area contributed by atoms with Crippen LogP contribution in [0.1, 0.15) is 18.1 Å². The van der Waals surface area contributed by atoms with E-state index in [0.29, 0.717) is 13.1 Å². The van der Waals surface area contributed by atoms with Gasteiger partial charge in [-0.2, -0.15) is 0 Å². The number of hydrogen-bond acceptors (Lipinski definition) is 3. The number of carbonyl (C=O) groups is 1. The minimum absolute atomic E-state index is 0.0502. The molecular formula is C14H22N2O2. The summed E-state index contributed by atoms with van der Waals surface area (Å²) >= 11 is 0. The predicted molar refractivity (Wildman–Crippen MR) is 72.1 cm³/mol. The first-order valence-electron chi connectivity index (χ1n) is 6.20. The van der Waals surface area contributed by atoms with E-state index in [1.54, 1.807) is 4.90 Å². The van der Waals surface area contributed by atoms with Crippen LogP contribution in [0.5, 0.6) is 0 Å². The third-order valence-corrected chi connectivity index (χ3v) is 3.09. The van der Waals surface area contributed by atoms with Crippen molar-refractivity contribution in [3.05, 3.63) is 35.4 Å². The number of ether oxygens (including phenoxy) is 1. The maximum absolute atomic E-state index is 12.2. The van der Waals surface area contributed by atoms with Crippen LogP contribution in [-0.4, -0.2) is 37.1 Å². The van der Waals surface area contributed by atoms with Gasteiger partial charge in [-0.25, -0.2) is 0 Å². The first kappa shape index (κ1) is 14.7. The minimum atomic E-state index is -0.547. The van der Waals surface area contributed by atoms with E-state index in [1.165, 1.54) is 12.7 Å². The second kappa shape index (κ2) is 7.13. The van der Waals surface area contributed by atoms with Gasteiger partial charge < -0.3 is 15.4 Å². The first-order chi connectivity index (χ1) is 8.63. The maximum Gasteiger partial charge on any atom is 0.253 e. The number of likely N-dealkylation sites (N-methyl/N-ethyl adjacent to an activating group) is 1. The quantitative estimate of drug-likeness (QED) is 0.828. The third-order valence-electron chi connectivity index (χ3n) is 3.09. The minimum Gasteiger partial charge on any atom is -0.370 e. The highest BCUT2D eigenvalue weighted by Gasteiger charge is 2.22. The largest absolute Gasteiger partial charge is 0.370 e. The molecule has 100 valence electrons. The molecule has 0 aliphatic carbocycles. The Bertz CT molecular complexity index is 389. The Kier molecular flexibility index (Phi) is 5.82. The van der Waals surface area contributed by atoms with Crippen LogP contribution in [0.3, 0.4) is 0 Å². The van der Waals surface area contributed by atoms with Gasteiger partial charge in [0.1, 0.15) is 6.10 Å². The second-order valence-electron chi connectivity index (χ2n) is 4.24. The van der Waals surface area contributed by atoms with Gasteiger partial charge in [-0.05, 0) is 25.0 Å². The zero-order valence-electron chi connectivity index (χ0n) is 11.3. The molecule has 0 heterocycles. The smallest absolute Gasteiger partial charge is 0.253 e. The first-order valence-corrected chi connectivity index (χ1v) is 6.20. The second-order valence-corrected chi connectivity index (χ2v) is 4.24. The number of aryl methyl sites for hydroxylation is 1. The monoisotopic (exact) mass is 250 g/mol. The molecule has 0 spiro atoms. The van der Waals surface area contributed by atoms with Crippen LogP contribution in [0.2, 0.25) is 0 Å². The predicted octanol–water partition coefficient (Wildman–Crippen LogP) is 1.32. The molecule has 0 aliphatic heterocycles. The lowest BCUT2D eigenvalue weighted by Crippen LogP contribution is -2.43. The van der Waals surface area contributed by atoms with Gasteiger partial charge in [0.05, 0.1) is 0 Å². The molecule has 0 saturated heterocycles. The van der Waals surface area contributed by atoms with Gasteiger partial charge in [0.25, 0.3) is 5.91 Å². The van der Waals surface area contributed by atoms with Crippen LogP contribution in [0, 0.1) is 6.92 Å². The third kappa shape index (κ3) is 3.55. The van der Waals surface area contributed by atoms with Crippen molar-refractivity contribution in [2.24, 2.45) is 5.73 Å². The number of nitrogens with two attached hydrogens (primary N) is 1. The molecule has 0 aromatic heterocycles. The van der Waals surface area contributed by atoms with Crippen molar-refractivity contribution in [1.29, 1.82) is 0 Å². The van der Waals surface area contributed by atoms with E-state index < -0.39 is 6.10 Å². The Morgan fingerprint density at radius 3 is 2.61 bits per heavy atom. The van der Waals surface area contributed by atoms with Crippen molar-refractivity contribution >= 4 is 5.91 Å². The van der Waals surface area contributed by atoms with E-state index in [0.717, 1.165) is 5.56 Å². The number of benzene rings is 1. The molecule has 1 unspecified atom stereocenters. The van der Waals surface area contributed by atoms with E-state index in [9.17, 15) is 4.79 Å². The fraction of sp³-hybridized carbons (Fsp3) is 0.500. The summed E-state index contributed by atoms with van der Waals surface area (Å²) in [5.41, 5.74) is 7.87. The van der Waals surface area contributed by atoms with Crippen molar-refractivity contribution in [2.75, 3.05) is 20.2 Å². The fourth-order valence-electron chi connectivity index (χ4n) is 1.84. The van der Waals surface area contributed by atoms with Crippen LogP contribution < -0.4 is 5.73 Å². The highest BCUT2D eigenvalue weighted by molar-refractivity contribution is 5.81. The molecule has 1 aromatic rings. The molecule has 0 bridgehead atoms. The molecule has 1 atom stereocenters. The Hall–Kier alpha value is -1.39. The lowest BCUT2D eigenvalue weighted by Gasteiger charge is -2.25. The van der Waals surface area contributed by atoms with E-state index >= 15 is 0 Å². The summed E-state index contributed by atoms with van der Waals surface area (Å²) in [6.07, 6.45) is -0.547. The summed E-state index contributed by atoms with van der Waals surface area (Å²) < 4.78 is 5.10. The molecule has 0 saturated carbocycles. The average molecular weight is 250 g/mol. The van der Waals surface area contributed by atoms with Crippen molar-refractivity contribution in [3.8, 4) is 0 Å². The highest BCUT2D eigenvalue weighted by atomic mass is 16.5.